The average Bonchev–Trinajstić information content (AvgIpc) is 2.36. The number of fused-ring (bicyclic) bond motifs is 1. The molecule has 0 fully saturated rings. The molecular weight excluding hydrogens is 132 g/mol. The second-order valence-electron chi connectivity index (χ2n) is 1.77. The van der Waals surface area contributed by atoms with E-state index in [4.69, 9.17) is 4.42 Å². The second-order valence-corrected chi connectivity index (χ2v) is 1.77. The molecule has 0 saturated heterocycles. The van der Waals surface area contributed by atoms with Gasteiger partial charge in [0.15, 0.2) is 0 Å². The van der Waals surface area contributed by atoms with Gasteiger partial charge in [0.25, 0.3) is 5.56 Å². The van der Waals surface area contributed by atoms with Crippen LogP contribution in [0, 0.1) is 6.07 Å². The van der Waals surface area contributed by atoms with E-state index in [1.807, 2.05) is 0 Å². The highest BCUT2D eigenvalue weighted by molar-refractivity contribution is 5.29. The number of hydrogen-bond donors (Lipinski definition) is 0. The summed E-state index contributed by atoms with van der Waals surface area (Å²) in [6, 6.07) is 5.57. The Morgan fingerprint density at radius 1 is 1.70 bits per heavy atom. The van der Waals surface area contributed by atoms with Crippen molar-refractivity contribution in [2.75, 3.05) is 0 Å². The molecule has 0 aliphatic carbocycles. The molecule has 0 spiro atoms. The minimum Gasteiger partial charge on any atom is -0.426 e. The van der Waals surface area contributed by atoms with Crippen molar-refractivity contribution in [2.45, 2.75) is 0 Å². The van der Waals surface area contributed by atoms with E-state index >= 15 is 0 Å². The predicted molar refractivity (Wildman–Crippen MR) is 32.6 cm³/mol. The maximum absolute atomic E-state index is 10.8. The van der Waals surface area contributed by atoms with Crippen LogP contribution in [0.5, 0.6) is 0 Å². The molecule has 4 nitrogen and oxygen atoms in total. The Balaban J connectivity index is 3.09. The molecule has 2 aromatic rings. The highest BCUT2D eigenvalue weighted by Gasteiger charge is 1.95. The summed E-state index contributed by atoms with van der Waals surface area (Å²) in [5.41, 5.74) is 0.134. The van der Waals surface area contributed by atoms with Gasteiger partial charge in [0, 0.05) is 6.07 Å². The molecule has 0 aliphatic heterocycles. The average molecular weight is 135 g/mol. The maximum Gasteiger partial charge on any atom is 0.282 e. The van der Waals surface area contributed by atoms with Crippen LogP contribution in [-0.4, -0.2) is 9.61 Å². The molecule has 2 aromatic heterocycles. The second kappa shape index (κ2) is 1.70. The van der Waals surface area contributed by atoms with Crippen molar-refractivity contribution in [3.05, 3.63) is 34.9 Å². The standard InChI is InChI=1S/C6H3N2O2/c9-5-2-1-3-6-8(5)7-4-10-6/h1,3-4H. The Hall–Kier alpha value is -1.58. The molecule has 10 heavy (non-hydrogen) atoms. The third kappa shape index (κ3) is 0.556. The van der Waals surface area contributed by atoms with Gasteiger partial charge in [0.05, 0.1) is 6.07 Å². The minimum absolute atomic E-state index is 0.300. The van der Waals surface area contributed by atoms with Crippen LogP contribution in [0.3, 0.4) is 0 Å². The SMILES string of the molecule is O=c1[c]ccc2ocnn12. The lowest BCUT2D eigenvalue weighted by Gasteiger charge is -1.82. The number of hydrogen-bond acceptors (Lipinski definition) is 3. The first-order valence-corrected chi connectivity index (χ1v) is 2.71. The highest BCUT2D eigenvalue weighted by atomic mass is 16.4. The van der Waals surface area contributed by atoms with Crippen LogP contribution in [0.15, 0.2) is 27.7 Å². The van der Waals surface area contributed by atoms with E-state index in [1.54, 1.807) is 6.07 Å². The molecule has 0 aromatic carbocycles. The Labute approximate surface area is 55.7 Å². The van der Waals surface area contributed by atoms with E-state index < -0.39 is 0 Å². The van der Waals surface area contributed by atoms with E-state index in [0.29, 0.717) is 5.71 Å². The van der Waals surface area contributed by atoms with Gasteiger partial charge < -0.3 is 4.42 Å². The Morgan fingerprint density at radius 3 is 3.40 bits per heavy atom. The van der Waals surface area contributed by atoms with Crippen molar-refractivity contribution in [1.29, 1.82) is 0 Å². The molecule has 49 valence electrons. The fourth-order valence-corrected chi connectivity index (χ4v) is 0.739. The van der Waals surface area contributed by atoms with Crippen LogP contribution in [0.4, 0.5) is 0 Å². The van der Waals surface area contributed by atoms with Crippen LogP contribution < -0.4 is 5.56 Å². The summed E-state index contributed by atoms with van der Waals surface area (Å²) in [6.07, 6.45) is 1.21. The zero-order valence-electron chi connectivity index (χ0n) is 4.94. The van der Waals surface area contributed by atoms with E-state index in [2.05, 4.69) is 11.2 Å². The molecule has 1 radical (unpaired) electrons. The summed E-state index contributed by atoms with van der Waals surface area (Å²) in [5.74, 6) is 0. The lowest BCUT2D eigenvalue weighted by atomic mass is 10.5. The fraction of sp³-hybridized carbons (Fsp3) is 0. The van der Waals surface area contributed by atoms with Crippen molar-refractivity contribution in [2.24, 2.45) is 0 Å². The molecule has 2 heterocycles. The first-order valence-electron chi connectivity index (χ1n) is 2.71. The van der Waals surface area contributed by atoms with Gasteiger partial charge in [-0.05, 0) is 6.07 Å². The van der Waals surface area contributed by atoms with E-state index in [9.17, 15) is 4.79 Å². The normalized spacial score (nSPS) is 10.4. The topological polar surface area (TPSA) is 47.5 Å². The van der Waals surface area contributed by atoms with Crippen LogP contribution in [0.2, 0.25) is 0 Å². The van der Waals surface area contributed by atoms with Gasteiger partial charge in [-0.25, -0.2) is 0 Å². The van der Waals surface area contributed by atoms with Crippen LogP contribution in [-0.2, 0) is 0 Å². The molecule has 4 heteroatoms. The predicted octanol–water partition coefficient (Wildman–Crippen LogP) is 0.0877. The van der Waals surface area contributed by atoms with Gasteiger partial charge in [0.2, 0.25) is 12.1 Å². The van der Waals surface area contributed by atoms with Gasteiger partial charge >= 0.3 is 0 Å². The molecule has 0 unspecified atom stereocenters. The van der Waals surface area contributed by atoms with Gasteiger partial charge in [-0.3, -0.25) is 4.79 Å². The van der Waals surface area contributed by atoms with Gasteiger partial charge in [-0.1, -0.05) is 0 Å². The molecule has 0 aliphatic rings. The Morgan fingerprint density at radius 2 is 2.60 bits per heavy atom. The summed E-state index contributed by atoms with van der Waals surface area (Å²) in [5, 5.41) is 3.62. The van der Waals surface area contributed by atoms with Crippen molar-refractivity contribution in [1.82, 2.24) is 9.61 Å². The molecule has 0 N–H and O–H groups in total. The Bertz CT molecular complexity index is 401. The number of aromatic nitrogens is 2. The molecule has 0 bridgehead atoms. The van der Waals surface area contributed by atoms with E-state index in [1.165, 1.54) is 12.5 Å². The summed E-state index contributed by atoms with van der Waals surface area (Å²) in [4.78, 5) is 10.8. The van der Waals surface area contributed by atoms with Crippen LogP contribution in [0.1, 0.15) is 0 Å². The molecule has 2 rings (SSSR count). The minimum atomic E-state index is -0.300. The zero-order valence-corrected chi connectivity index (χ0v) is 4.94. The van der Waals surface area contributed by atoms with Crippen molar-refractivity contribution < 1.29 is 4.42 Å². The third-order valence-corrected chi connectivity index (χ3v) is 1.17. The van der Waals surface area contributed by atoms with Crippen LogP contribution in [0.25, 0.3) is 5.71 Å². The molecule has 0 saturated carbocycles. The third-order valence-electron chi connectivity index (χ3n) is 1.17. The van der Waals surface area contributed by atoms with Crippen LogP contribution >= 0.6 is 0 Å². The number of rotatable bonds is 0. The van der Waals surface area contributed by atoms with E-state index in [0.717, 1.165) is 4.52 Å². The van der Waals surface area contributed by atoms with Gasteiger partial charge in [0.1, 0.15) is 0 Å². The van der Waals surface area contributed by atoms with Gasteiger partial charge in [-0.15, -0.1) is 5.10 Å². The van der Waals surface area contributed by atoms with Gasteiger partial charge in [-0.2, -0.15) is 4.52 Å². The number of nitrogens with zero attached hydrogens (tertiary/aromatic N) is 2. The first kappa shape index (κ1) is 5.22. The maximum atomic E-state index is 10.8. The summed E-state index contributed by atoms with van der Waals surface area (Å²) in [6.45, 7) is 0. The summed E-state index contributed by atoms with van der Waals surface area (Å²) < 4.78 is 5.97. The quantitative estimate of drug-likeness (QED) is 0.514. The fourth-order valence-electron chi connectivity index (χ4n) is 0.739. The van der Waals surface area contributed by atoms with E-state index in [-0.39, 0.29) is 5.56 Å². The first-order chi connectivity index (χ1) is 4.88. The zero-order chi connectivity index (χ0) is 6.97. The largest absolute Gasteiger partial charge is 0.426 e. The van der Waals surface area contributed by atoms with Crippen molar-refractivity contribution >= 4 is 5.71 Å². The summed E-state index contributed by atoms with van der Waals surface area (Å²) in [7, 11) is 0. The monoisotopic (exact) mass is 135 g/mol. The molecule has 0 amide bonds. The Kier molecular flexibility index (Phi) is 0.887. The number of pyridine rings is 1. The van der Waals surface area contributed by atoms with Crippen molar-refractivity contribution in [3.63, 3.8) is 0 Å². The summed E-state index contributed by atoms with van der Waals surface area (Å²) >= 11 is 0. The lowest BCUT2D eigenvalue weighted by Crippen LogP contribution is -2.11. The lowest BCUT2D eigenvalue weighted by molar-refractivity contribution is 0.599. The molecular formula is C6H3N2O2. The molecule has 0 atom stereocenters. The smallest absolute Gasteiger partial charge is 0.282 e. The van der Waals surface area contributed by atoms with Crippen molar-refractivity contribution in [3.8, 4) is 0 Å². The highest BCUT2D eigenvalue weighted by Crippen LogP contribution is 1.94.